The van der Waals surface area contributed by atoms with Crippen molar-refractivity contribution < 1.29 is 19.4 Å². The minimum atomic E-state index is -0.857. The number of carbonyl (C=O) groups is 2. The number of carbonyl (C=O) groups excluding carboxylic acids is 1. The average Bonchev–Trinajstić information content (AvgIpc) is 3.58. The highest BCUT2D eigenvalue weighted by Gasteiger charge is 2.22. The topological polar surface area (TPSA) is 121 Å². The summed E-state index contributed by atoms with van der Waals surface area (Å²) in [4.78, 5) is 40.4. The van der Waals surface area contributed by atoms with Crippen LogP contribution in [0, 0.1) is 13.8 Å². The lowest BCUT2D eigenvalue weighted by Crippen LogP contribution is -2.00. The molecule has 0 saturated heterocycles. The van der Waals surface area contributed by atoms with E-state index in [1.807, 2.05) is 32.0 Å². The van der Waals surface area contributed by atoms with Crippen LogP contribution in [0.5, 0.6) is 0 Å². The van der Waals surface area contributed by atoms with Crippen molar-refractivity contribution in [1.82, 2.24) is 19.9 Å². The molecule has 2 aliphatic rings. The molecule has 0 aromatic carbocycles. The van der Waals surface area contributed by atoms with E-state index >= 15 is 0 Å². The van der Waals surface area contributed by atoms with Gasteiger partial charge in [-0.05, 0) is 110 Å². The van der Waals surface area contributed by atoms with Crippen molar-refractivity contribution in [1.29, 1.82) is 0 Å². The summed E-state index contributed by atoms with van der Waals surface area (Å²) in [6, 6.07) is 12.2. The summed E-state index contributed by atoms with van der Waals surface area (Å²) >= 11 is 0. The smallest absolute Gasteiger partial charge is 0.305 e. The van der Waals surface area contributed by atoms with Crippen molar-refractivity contribution in [2.45, 2.75) is 53.4 Å². The molecule has 3 aromatic heterocycles. The van der Waals surface area contributed by atoms with E-state index in [0.717, 1.165) is 72.6 Å². The van der Waals surface area contributed by atoms with Gasteiger partial charge in [0.25, 0.3) is 0 Å². The van der Waals surface area contributed by atoms with Crippen LogP contribution in [0.25, 0.3) is 44.4 Å². The fourth-order valence-corrected chi connectivity index (χ4v) is 5.19. The Morgan fingerprint density at radius 2 is 1.23 bits per heavy atom. The first-order valence-electron chi connectivity index (χ1n) is 13.0. The summed E-state index contributed by atoms with van der Waals surface area (Å²) in [5.74, 6) is -1.14. The van der Waals surface area contributed by atoms with Gasteiger partial charge in [-0.25, -0.2) is 9.97 Å². The molecule has 39 heavy (non-hydrogen) atoms. The predicted octanol–water partition coefficient (Wildman–Crippen LogP) is 6.61. The van der Waals surface area contributed by atoms with Gasteiger partial charge < -0.3 is 19.8 Å². The SMILES string of the molecule is COC(=O)CCC1=C(C)c2cc3cc(C)c(cc4cc(C)c(cc5nc(cc1n2)C(CCC(=O)O)=C5C)[nH]4)[nH]3. The summed E-state index contributed by atoms with van der Waals surface area (Å²) in [6.07, 6.45) is 1.07. The van der Waals surface area contributed by atoms with Crippen LogP contribution in [0.15, 0.2) is 36.4 Å². The van der Waals surface area contributed by atoms with Gasteiger partial charge in [-0.3, -0.25) is 9.59 Å². The minimum Gasteiger partial charge on any atom is -0.481 e. The number of rotatable bonds is 6. The summed E-state index contributed by atoms with van der Waals surface area (Å²) in [5.41, 5.74) is 12.8. The number of fused-ring (bicyclic) bond motifs is 8. The second-order valence-electron chi connectivity index (χ2n) is 10.2. The molecule has 0 atom stereocenters. The molecule has 8 heteroatoms. The van der Waals surface area contributed by atoms with E-state index in [1.165, 1.54) is 7.11 Å². The molecule has 2 aliphatic heterocycles. The summed E-state index contributed by atoms with van der Waals surface area (Å²) in [7, 11) is 1.39. The summed E-state index contributed by atoms with van der Waals surface area (Å²) in [5, 5.41) is 9.40. The van der Waals surface area contributed by atoms with E-state index in [9.17, 15) is 14.7 Å². The van der Waals surface area contributed by atoms with E-state index in [4.69, 9.17) is 14.7 Å². The van der Waals surface area contributed by atoms with Gasteiger partial charge in [0.2, 0.25) is 0 Å². The normalized spacial score (nSPS) is 13.3. The number of carboxylic acid groups (broad SMARTS) is 1. The number of aromatic nitrogens is 4. The van der Waals surface area contributed by atoms with Crippen molar-refractivity contribution in [2.24, 2.45) is 0 Å². The number of allylic oxidation sites excluding steroid dienone is 4. The Balaban J connectivity index is 1.82. The monoisotopic (exact) mass is 524 g/mol. The quantitative estimate of drug-likeness (QED) is 0.312. The zero-order valence-electron chi connectivity index (χ0n) is 22.9. The van der Waals surface area contributed by atoms with E-state index in [2.05, 4.69) is 42.0 Å². The number of ether oxygens (including phenoxy) is 1. The zero-order chi connectivity index (χ0) is 27.8. The van der Waals surface area contributed by atoms with E-state index in [-0.39, 0.29) is 18.8 Å². The number of esters is 1. The third-order valence-corrected chi connectivity index (χ3v) is 7.47. The standard InChI is InChI=1S/C31H32N4O4/c1-16-10-21-13-26-18(3)23(7-9-31(38)39-5)29(34-26)15-28-22(6-8-30(36)37)19(4)27(35-28)14-25-17(2)11-20(33-25)12-24(16)32-21/h10-15,32-33H,6-9H2,1-5H3,(H,36,37). The Morgan fingerprint density at radius 1 is 0.718 bits per heavy atom. The molecule has 0 unspecified atom stereocenters. The van der Waals surface area contributed by atoms with Crippen LogP contribution in [-0.2, 0) is 14.3 Å². The van der Waals surface area contributed by atoms with Gasteiger partial charge in [0.15, 0.2) is 0 Å². The zero-order valence-corrected chi connectivity index (χ0v) is 22.9. The highest BCUT2D eigenvalue weighted by atomic mass is 16.5. The first-order valence-corrected chi connectivity index (χ1v) is 13.0. The lowest BCUT2D eigenvalue weighted by molar-refractivity contribution is -0.140. The van der Waals surface area contributed by atoms with E-state index in [0.29, 0.717) is 18.5 Å². The minimum absolute atomic E-state index is 0.00340. The molecule has 0 spiro atoms. The molecule has 5 heterocycles. The van der Waals surface area contributed by atoms with Crippen LogP contribution in [-0.4, -0.2) is 44.1 Å². The van der Waals surface area contributed by atoms with Gasteiger partial charge in [-0.2, -0.15) is 0 Å². The molecule has 0 radical (unpaired) electrons. The summed E-state index contributed by atoms with van der Waals surface area (Å²) < 4.78 is 4.89. The highest BCUT2D eigenvalue weighted by Crippen LogP contribution is 2.37. The molecule has 0 aliphatic carbocycles. The molecule has 0 amide bonds. The van der Waals surface area contributed by atoms with Gasteiger partial charge in [0, 0.05) is 34.9 Å². The van der Waals surface area contributed by atoms with Crippen LogP contribution in [0.4, 0.5) is 0 Å². The molecule has 0 saturated carbocycles. The second kappa shape index (κ2) is 10.4. The average molecular weight is 525 g/mol. The Hall–Kier alpha value is -4.46. The number of nitrogens with zero attached hydrogens (tertiary/aromatic N) is 2. The largest absolute Gasteiger partial charge is 0.481 e. The Morgan fingerprint density at radius 3 is 1.79 bits per heavy atom. The summed E-state index contributed by atoms with van der Waals surface area (Å²) in [6.45, 7) is 8.12. The number of nitrogens with one attached hydrogen (secondary N) is 2. The molecule has 0 fully saturated rings. The van der Waals surface area contributed by atoms with Gasteiger partial charge in [0.05, 0.1) is 29.9 Å². The van der Waals surface area contributed by atoms with E-state index in [1.54, 1.807) is 0 Å². The fourth-order valence-electron chi connectivity index (χ4n) is 5.19. The Labute approximate surface area is 226 Å². The van der Waals surface area contributed by atoms with Crippen molar-refractivity contribution in [3.63, 3.8) is 0 Å². The van der Waals surface area contributed by atoms with Gasteiger partial charge in [0.1, 0.15) is 0 Å². The number of aliphatic carboxylic acids is 1. The molecular weight excluding hydrogens is 492 g/mol. The number of aryl methyl sites for hydroxylation is 2. The predicted molar refractivity (Wildman–Crippen MR) is 154 cm³/mol. The first kappa shape index (κ1) is 26.2. The van der Waals surface area contributed by atoms with Crippen molar-refractivity contribution in [3.8, 4) is 0 Å². The lowest BCUT2D eigenvalue weighted by atomic mass is 9.98. The maximum Gasteiger partial charge on any atom is 0.305 e. The third-order valence-electron chi connectivity index (χ3n) is 7.47. The molecular formula is C31H32N4O4. The second-order valence-corrected chi connectivity index (χ2v) is 10.2. The Bertz CT molecular complexity index is 1740. The number of carboxylic acids is 1. The fraction of sp³-hybridized carbons (Fsp3) is 0.290. The molecule has 5 rings (SSSR count). The molecule has 200 valence electrons. The van der Waals surface area contributed by atoms with E-state index < -0.39 is 5.97 Å². The third kappa shape index (κ3) is 5.27. The van der Waals surface area contributed by atoms with Gasteiger partial charge in [-0.1, -0.05) is 0 Å². The number of hydrogen-bond donors (Lipinski definition) is 3. The number of H-pyrrole nitrogens is 2. The van der Waals surface area contributed by atoms with Crippen LogP contribution in [0.3, 0.4) is 0 Å². The van der Waals surface area contributed by atoms with Gasteiger partial charge >= 0.3 is 11.9 Å². The lowest BCUT2D eigenvalue weighted by Gasteiger charge is -2.05. The maximum atomic E-state index is 12.0. The number of methoxy groups -OCH3 is 1. The molecule has 8 nitrogen and oxygen atoms in total. The van der Waals surface area contributed by atoms with Crippen molar-refractivity contribution in [2.75, 3.05) is 7.11 Å². The van der Waals surface area contributed by atoms with Crippen molar-refractivity contribution >= 4 is 56.3 Å². The highest BCUT2D eigenvalue weighted by molar-refractivity contribution is 5.96. The van der Waals surface area contributed by atoms with Crippen molar-refractivity contribution in [3.05, 3.63) is 70.3 Å². The number of hydrogen-bond acceptors (Lipinski definition) is 5. The van der Waals surface area contributed by atoms with Crippen LogP contribution in [0.1, 0.15) is 73.4 Å². The molecule has 3 N–H and O–H groups in total. The Kier molecular flexibility index (Phi) is 6.95. The number of aromatic amines is 2. The first-order chi connectivity index (χ1) is 18.6. The van der Waals surface area contributed by atoms with Crippen LogP contribution >= 0.6 is 0 Å². The maximum absolute atomic E-state index is 12.0. The van der Waals surface area contributed by atoms with Crippen LogP contribution < -0.4 is 0 Å². The van der Waals surface area contributed by atoms with Gasteiger partial charge in [-0.15, -0.1) is 0 Å². The van der Waals surface area contributed by atoms with Crippen LogP contribution in [0.2, 0.25) is 0 Å². The molecule has 8 bridgehead atoms. The molecule has 3 aromatic rings.